The summed E-state index contributed by atoms with van der Waals surface area (Å²) in [6.45, 7) is 4.56. The zero-order chi connectivity index (χ0) is 16.2. The molecule has 3 heteroatoms. The molecule has 0 aromatic heterocycles. The topological polar surface area (TPSA) is 20.3 Å². The third-order valence-corrected chi connectivity index (χ3v) is 5.02. The van der Waals surface area contributed by atoms with Crippen molar-refractivity contribution in [3.8, 4) is 0 Å². The number of Topliss-reactive ketones (excluding diaryl/α,β-unsaturated/α-hetero) is 1. The zero-order valence-electron chi connectivity index (χ0n) is 13.4. The first-order chi connectivity index (χ1) is 11.1. The number of nitrogens with zero attached hydrogens (tertiary/aromatic N) is 1. The van der Waals surface area contributed by atoms with E-state index in [2.05, 4.69) is 41.3 Å². The van der Waals surface area contributed by atoms with Crippen LogP contribution in [0, 0.1) is 5.92 Å². The molecule has 3 rings (SSSR count). The number of carbonyl (C=O) groups excluding carboxylic acids is 1. The predicted molar refractivity (Wildman–Crippen MR) is 94.7 cm³/mol. The van der Waals surface area contributed by atoms with Crippen LogP contribution in [0.4, 0.5) is 0 Å². The molecule has 0 radical (unpaired) electrons. The van der Waals surface area contributed by atoms with Gasteiger partial charge in [0.25, 0.3) is 0 Å². The largest absolute Gasteiger partial charge is 0.300 e. The van der Waals surface area contributed by atoms with Crippen LogP contribution in [-0.2, 0) is 11.3 Å². The number of halogens is 1. The standard InChI is InChI=1S/C20H22ClNO/c1-15(23)19-11-12-22(13-16-5-3-2-4-6-16)14-20(19)17-7-9-18(21)10-8-17/h2-10,19-20H,11-14H2,1H3/t19-,20+/m1/s1. The summed E-state index contributed by atoms with van der Waals surface area (Å²) in [5, 5.41) is 0.741. The molecule has 0 bridgehead atoms. The SMILES string of the molecule is CC(=O)[C@H]1CCN(Cc2ccccc2)C[C@H]1c1ccc(Cl)cc1. The van der Waals surface area contributed by atoms with Crippen molar-refractivity contribution < 1.29 is 4.79 Å². The summed E-state index contributed by atoms with van der Waals surface area (Å²) in [7, 11) is 0. The Hall–Kier alpha value is -1.64. The fraction of sp³-hybridized carbons (Fsp3) is 0.350. The van der Waals surface area contributed by atoms with Crippen molar-refractivity contribution in [1.29, 1.82) is 0 Å². The highest BCUT2D eigenvalue weighted by Crippen LogP contribution is 2.34. The maximum absolute atomic E-state index is 12.1. The first-order valence-corrected chi connectivity index (χ1v) is 8.53. The van der Waals surface area contributed by atoms with Gasteiger partial charge in [-0.15, -0.1) is 0 Å². The molecule has 0 aliphatic carbocycles. The lowest BCUT2D eigenvalue weighted by Gasteiger charge is -2.38. The summed E-state index contributed by atoms with van der Waals surface area (Å²) in [6, 6.07) is 18.5. The zero-order valence-corrected chi connectivity index (χ0v) is 14.2. The van der Waals surface area contributed by atoms with E-state index in [0.29, 0.717) is 5.78 Å². The predicted octanol–water partition coefficient (Wildman–Crippen LogP) is 4.53. The van der Waals surface area contributed by atoms with Gasteiger partial charge < -0.3 is 0 Å². The van der Waals surface area contributed by atoms with Gasteiger partial charge in [-0.1, -0.05) is 54.1 Å². The Labute approximate surface area is 143 Å². The summed E-state index contributed by atoms with van der Waals surface area (Å²) < 4.78 is 0. The van der Waals surface area contributed by atoms with E-state index in [1.807, 2.05) is 18.2 Å². The third-order valence-electron chi connectivity index (χ3n) is 4.77. The molecule has 23 heavy (non-hydrogen) atoms. The highest BCUT2D eigenvalue weighted by Gasteiger charge is 2.33. The molecule has 0 amide bonds. The Morgan fingerprint density at radius 1 is 1.13 bits per heavy atom. The number of carbonyl (C=O) groups is 1. The highest BCUT2D eigenvalue weighted by molar-refractivity contribution is 6.30. The minimum Gasteiger partial charge on any atom is -0.300 e. The van der Waals surface area contributed by atoms with Crippen LogP contribution in [0.25, 0.3) is 0 Å². The van der Waals surface area contributed by atoms with Crippen LogP contribution in [0.3, 0.4) is 0 Å². The summed E-state index contributed by atoms with van der Waals surface area (Å²) in [4.78, 5) is 14.5. The number of likely N-dealkylation sites (tertiary alicyclic amines) is 1. The monoisotopic (exact) mass is 327 g/mol. The van der Waals surface area contributed by atoms with Gasteiger partial charge in [0.1, 0.15) is 5.78 Å². The Kier molecular flexibility index (Phi) is 5.14. The molecule has 2 aromatic rings. The lowest BCUT2D eigenvalue weighted by molar-refractivity contribution is -0.122. The number of rotatable bonds is 4. The van der Waals surface area contributed by atoms with E-state index in [0.717, 1.165) is 31.1 Å². The van der Waals surface area contributed by atoms with Gasteiger partial charge in [0.15, 0.2) is 0 Å². The van der Waals surface area contributed by atoms with E-state index in [-0.39, 0.29) is 11.8 Å². The Morgan fingerprint density at radius 3 is 2.48 bits per heavy atom. The smallest absolute Gasteiger partial charge is 0.133 e. The normalized spacial score (nSPS) is 22.0. The Balaban J connectivity index is 1.78. The minimum atomic E-state index is 0.114. The van der Waals surface area contributed by atoms with Crippen molar-refractivity contribution >= 4 is 17.4 Å². The first-order valence-electron chi connectivity index (χ1n) is 8.15. The average Bonchev–Trinajstić information content (AvgIpc) is 2.56. The second-order valence-corrected chi connectivity index (χ2v) is 6.82. The third kappa shape index (κ3) is 4.01. The average molecular weight is 328 g/mol. The van der Waals surface area contributed by atoms with Crippen molar-refractivity contribution in [3.05, 3.63) is 70.7 Å². The second kappa shape index (κ2) is 7.29. The maximum atomic E-state index is 12.1. The number of piperidine rings is 1. The van der Waals surface area contributed by atoms with E-state index in [1.54, 1.807) is 6.92 Å². The van der Waals surface area contributed by atoms with Gasteiger partial charge in [0.2, 0.25) is 0 Å². The fourth-order valence-electron chi connectivity index (χ4n) is 3.54. The van der Waals surface area contributed by atoms with Crippen LogP contribution in [0.15, 0.2) is 54.6 Å². The van der Waals surface area contributed by atoms with Crippen molar-refractivity contribution in [3.63, 3.8) is 0 Å². The van der Waals surface area contributed by atoms with E-state index < -0.39 is 0 Å². The van der Waals surface area contributed by atoms with E-state index in [9.17, 15) is 4.79 Å². The van der Waals surface area contributed by atoms with Gasteiger partial charge in [0.05, 0.1) is 0 Å². The molecule has 1 fully saturated rings. The molecule has 2 aromatic carbocycles. The lowest BCUT2D eigenvalue weighted by atomic mass is 9.78. The van der Waals surface area contributed by atoms with Crippen LogP contribution in [0.1, 0.15) is 30.4 Å². The first kappa shape index (κ1) is 16.2. The van der Waals surface area contributed by atoms with Gasteiger partial charge in [0, 0.05) is 29.9 Å². The van der Waals surface area contributed by atoms with E-state index >= 15 is 0 Å². The van der Waals surface area contributed by atoms with E-state index in [4.69, 9.17) is 11.6 Å². The molecule has 0 spiro atoms. The molecule has 120 valence electrons. The van der Waals surface area contributed by atoms with Crippen LogP contribution >= 0.6 is 11.6 Å². The molecule has 1 aliphatic heterocycles. The molecule has 0 N–H and O–H groups in total. The second-order valence-electron chi connectivity index (χ2n) is 6.38. The summed E-state index contributed by atoms with van der Waals surface area (Å²) in [6.07, 6.45) is 0.926. The molecule has 1 heterocycles. The van der Waals surface area contributed by atoms with Crippen molar-refractivity contribution in [2.24, 2.45) is 5.92 Å². The van der Waals surface area contributed by atoms with Crippen molar-refractivity contribution in [2.45, 2.75) is 25.8 Å². The molecule has 0 saturated carbocycles. The van der Waals surface area contributed by atoms with Crippen LogP contribution < -0.4 is 0 Å². The molecule has 2 nitrogen and oxygen atoms in total. The van der Waals surface area contributed by atoms with Gasteiger partial charge in [-0.2, -0.15) is 0 Å². The fourth-order valence-corrected chi connectivity index (χ4v) is 3.67. The van der Waals surface area contributed by atoms with Crippen molar-refractivity contribution in [2.75, 3.05) is 13.1 Å². The van der Waals surface area contributed by atoms with Crippen LogP contribution in [-0.4, -0.2) is 23.8 Å². The van der Waals surface area contributed by atoms with Crippen LogP contribution in [0.5, 0.6) is 0 Å². The van der Waals surface area contributed by atoms with Gasteiger partial charge in [-0.25, -0.2) is 0 Å². The summed E-state index contributed by atoms with van der Waals surface area (Å²) in [5.41, 5.74) is 2.54. The lowest BCUT2D eigenvalue weighted by Crippen LogP contribution is -2.41. The summed E-state index contributed by atoms with van der Waals surface area (Å²) in [5.74, 6) is 0.662. The summed E-state index contributed by atoms with van der Waals surface area (Å²) >= 11 is 6.01. The number of benzene rings is 2. The number of ketones is 1. The molecule has 2 atom stereocenters. The molecular weight excluding hydrogens is 306 g/mol. The molecule has 1 saturated heterocycles. The van der Waals surface area contributed by atoms with Gasteiger partial charge in [-0.05, 0) is 43.1 Å². The van der Waals surface area contributed by atoms with Gasteiger partial charge in [-0.3, -0.25) is 9.69 Å². The van der Waals surface area contributed by atoms with E-state index in [1.165, 1.54) is 11.1 Å². The van der Waals surface area contributed by atoms with Crippen molar-refractivity contribution in [1.82, 2.24) is 4.90 Å². The quantitative estimate of drug-likeness (QED) is 0.822. The van der Waals surface area contributed by atoms with Crippen LogP contribution in [0.2, 0.25) is 5.02 Å². The molecule has 1 aliphatic rings. The number of hydrogen-bond acceptors (Lipinski definition) is 2. The molecular formula is C20H22ClNO. The minimum absolute atomic E-state index is 0.114. The Morgan fingerprint density at radius 2 is 1.83 bits per heavy atom. The Bertz CT molecular complexity index is 653. The maximum Gasteiger partial charge on any atom is 0.133 e. The molecule has 0 unspecified atom stereocenters. The number of hydrogen-bond donors (Lipinski definition) is 0. The van der Waals surface area contributed by atoms with Gasteiger partial charge >= 0.3 is 0 Å². The highest BCUT2D eigenvalue weighted by atomic mass is 35.5.